The van der Waals surface area contributed by atoms with Crippen LogP contribution in [0.2, 0.25) is 97.7 Å². The van der Waals surface area contributed by atoms with E-state index in [-0.39, 0.29) is 19.8 Å². The van der Waals surface area contributed by atoms with E-state index in [9.17, 15) is 15.3 Å². The quantitative estimate of drug-likeness (QED) is 0.0397. The average Bonchev–Trinajstić information content (AvgIpc) is 2.91. The predicted molar refractivity (Wildman–Crippen MR) is 214 cm³/mol. The highest BCUT2D eigenvalue weighted by Gasteiger charge is 2.39. The van der Waals surface area contributed by atoms with Gasteiger partial charge in [0.25, 0.3) is 9.28 Å². The van der Waals surface area contributed by atoms with Gasteiger partial charge in [0.15, 0.2) is 33.3 Å². The molecule has 0 spiro atoms. The first-order valence-electron chi connectivity index (χ1n) is 17.2. The minimum absolute atomic E-state index is 0.0970. The molecule has 50 heavy (non-hydrogen) atoms. The van der Waals surface area contributed by atoms with Gasteiger partial charge in [0, 0.05) is 6.61 Å². The summed E-state index contributed by atoms with van der Waals surface area (Å²) in [7, 11) is -9.77. The van der Waals surface area contributed by atoms with Crippen molar-refractivity contribution in [3.05, 3.63) is 12.7 Å². The summed E-state index contributed by atoms with van der Waals surface area (Å²) in [6, 6.07) is 0.805. The minimum atomic E-state index is -2.28. The second kappa shape index (κ2) is 26.3. The zero-order valence-electron chi connectivity index (χ0n) is 33.5. The van der Waals surface area contributed by atoms with E-state index in [2.05, 4.69) is 98.2 Å². The van der Waals surface area contributed by atoms with Gasteiger partial charge in [0.2, 0.25) is 0 Å². The van der Waals surface area contributed by atoms with E-state index in [1.807, 2.05) is 0 Å². The number of rotatable bonds is 24. The van der Waals surface area contributed by atoms with Crippen molar-refractivity contribution in [3.8, 4) is 0 Å². The van der Waals surface area contributed by atoms with Crippen molar-refractivity contribution in [2.24, 2.45) is 0 Å². The van der Waals surface area contributed by atoms with Crippen LogP contribution in [0.1, 0.15) is 6.42 Å². The molecule has 8 N–H and O–H groups in total. The fraction of sp³-hybridized carbons (Fsp3) is 0.933. The lowest BCUT2D eigenvalue weighted by Crippen LogP contribution is -2.52. The van der Waals surface area contributed by atoms with Gasteiger partial charge in [-0.1, -0.05) is 6.08 Å². The van der Waals surface area contributed by atoms with Gasteiger partial charge < -0.3 is 66.8 Å². The maximum atomic E-state index is 9.71. The Balaban J connectivity index is -0.000000740. The molecule has 304 valence electrons. The summed E-state index contributed by atoms with van der Waals surface area (Å²) in [5, 5.41) is 73.0. The smallest absolute Gasteiger partial charge is 0.314 e. The monoisotopic (exact) mass is 828 g/mol. The second-order valence-corrected chi connectivity index (χ2v) is 40.5. The number of hydrogen-bond acceptors (Lipinski definition) is 14. The zero-order valence-corrected chi connectivity index (χ0v) is 39.7. The molecule has 0 fully saturated rings. The van der Waals surface area contributed by atoms with Crippen molar-refractivity contribution in [2.45, 2.75) is 141 Å². The Morgan fingerprint density at radius 1 is 0.580 bits per heavy atom. The van der Waals surface area contributed by atoms with Crippen molar-refractivity contribution in [3.63, 3.8) is 0 Å². The van der Waals surface area contributed by atoms with Gasteiger partial charge in [-0.3, -0.25) is 0 Å². The summed E-state index contributed by atoms with van der Waals surface area (Å²) >= 11 is 0. The summed E-state index contributed by atoms with van der Waals surface area (Å²) in [6.07, 6.45) is -5.73. The maximum absolute atomic E-state index is 9.71. The third-order valence-electron chi connectivity index (χ3n) is 5.77. The van der Waals surface area contributed by atoms with E-state index in [0.29, 0.717) is 6.61 Å². The highest BCUT2D eigenvalue weighted by molar-refractivity contribution is 6.87. The van der Waals surface area contributed by atoms with Crippen LogP contribution < -0.4 is 0 Å². The largest absolute Gasteiger partial charge is 0.439 e. The first-order valence-corrected chi connectivity index (χ1v) is 35.5. The summed E-state index contributed by atoms with van der Waals surface area (Å²) in [5.41, 5.74) is 0. The molecule has 0 aromatic heterocycles. The van der Waals surface area contributed by atoms with Crippen LogP contribution in [0, 0.1) is 0 Å². The number of ether oxygens (including phenoxy) is 2. The van der Waals surface area contributed by atoms with E-state index in [4.69, 9.17) is 51.5 Å². The number of aliphatic hydroxyl groups is 8. The second-order valence-electron chi connectivity index (χ2n) is 16.2. The van der Waals surface area contributed by atoms with E-state index in [1.165, 1.54) is 6.08 Å². The van der Waals surface area contributed by atoms with E-state index >= 15 is 0 Å². The standard InChI is InChI=1S/C15H38O7Si3.C8H16O5.C7H22O2Si3/c1-23(2,3)21-25(7,22-24(4,5)6)10-8-9-20-12-14(18)15(19)13(17)11-16;1-2-3-13-5-7(11)8(12)6(10)4-9;1-10(8-11(2,3)4)9-12(5,6)7/h13-19H,8-12H2,1-7H3;2,6-12H,1,3-5H2;10H,1-7H3. The normalized spacial score (nSPS) is 16.7. The van der Waals surface area contributed by atoms with Crippen LogP contribution in [0.15, 0.2) is 12.7 Å². The zero-order chi connectivity index (χ0) is 40.1. The molecule has 6 unspecified atom stereocenters. The van der Waals surface area contributed by atoms with Gasteiger partial charge in [-0.15, -0.1) is 6.58 Å². The molecule has 0 amide bonds. The van der Waals surface area contributed by atoms with E-state index < -0.39 is 101 Å². The van der Waals surface area contributed by atoms with Gasteiger partial charge in [0.1, 0.15) is 36.6 Å². The molecule has 0 aliphatic carbocycles. The third-order valence-corrected chi connectivity index (χ3v) is 23.7. The third kappa shape index (κ3) is 34.3. The molecule has 0 heterocycles. The molecule has 0 bridgehead atoms. The van der Waals surface area contributed by atoms with Crippen LogP contribution >= 0.6 is 0 Å². The summed E-state index contributed by atoms with van der Waals surface area (Å²) < 4.78 is 34.8. The molecule has 0 aliphatic rings. The lowest BCUT2D eigenvalue weighted by molar-refractivity contribution is -0.0995. The van der Waals surface area contributed by atoms with E-state index in [1.54, 1.807) is 0 Å². The first kappa shape index (κ1) is 54.8. The van der Waals surface area contributed by atoms with Crippen LogP contribution in [0.25, 0.3) is 0 Å². The number of aliphatic hydroxyl groups excluding tert-OH is 8. The van der Waals surface area contributed by atoms with Crippen molar-refractivity contribution in [1.82, 2.24) is 0 Å². The Hall–Kier alpha value is 0.481. The Kier molecular flexibility index (Phi) is 28.9. The minimum Gasteiger partial charge on any atom is -0.439 e. The van der Waals surface area contributed by atoms with Crippen molar-refractivity contribution < 1.29 is 66.8 Å². The van der Waals surface area contributed by atoms with Gasteiger partial charge in [-0.05, 0) is 104 Å². The van der Waals surface area contributed by atoms with Crippen molar-refractivity contribution in [1.29, 1.82) is 0 Å². The Morgan fingerprint density at radius 3 is 1.24 bits per heavy atom. The molecule has 0 saturated heterocycles. The van der Waals surface area contributed by atoms with Crippen LogP contribution in [-0.2, 0) is 25.9 Å². The highest BCUT2D eigenvalue weighted by atomic mass is 28.5. The fourth-order valence-electron chi connectivity index (χ4n) is 4.34. The molecule has 0 aliphatic heterocycles. The molecule has 6 atom stereocenters. The van der Waals surface area contributed by atoms with Crippen LogP contribution in [0.4, 0.5) is 0 Å². The van der Waals surface area contributed by atoms with Gasteiger partial charge >= 0.3 is 8.56 Å². The van der Waals surface area contributed by atoms with Crippen molar-refractivity contribution >= 4 is 51.1 Å². The molecule has 0 aromatic carbocycles. The highest BCUT2D eigenvalue weighted by Crippen LogP contribution is 2.25. The Morgan fingerprint density at radius 2 is 0.940 bits per heavy atom. The topological polar surface area (TPSA) is 217 Å². The Labute approximate surface area is 310 Å². The maximum Gasteiger partial charge on any atom is 0.314 e. The van der Waals surface area contributed by atoms with Gasteiger partial charge in [-0.2, -0.15) is 0 Å². The van der Waals surface area contributed by atoms with Crippen LogP contribution in [0.5, 0.6) is 0 Å². The molecular weight excluding hydrogens is 753 g/mol. The predicted octanol–water partition coefficient (Wildman–Crippen LogP) is 2.05. The van der Waals surface area contributed by atoms with Crippen LogP contribution in [-0.4, -0.2) is 168 Å². The number of hydrogen-bond donors (Lipinski definition) is 8. The molecule has 14 nitrogen and oxygen atoms in total. The summed E-state index contributed by atoms with van der Waals surface area (Å²) in [5.74, 6) is 0. The molecule has 0 aromatic rings. The lowest BCUT2D eigenvalue weighted by atomic mass is 10.1. The lowest BCUT2D eigenvalue weighted by Gasteiger charge is -2.38. The molecule has 0 radical (unpaired) electrons. The van der Waals surface area contributed by atoms with Gasteiger partial charge in [-0.25, -0.2) is 0 Å². The SMILES string of the molecule is C=CCOCC(O)C(O)C(O)CO.C[SiH](O[Si](C)(C)C)O[Si](C)(C)C.C[Si](C)(C)O[Si](C)(CCCOCC(O)C(O)C(O)CO)O[Si](C)(C)C. The van der Waals surface area contributed by atoms with Crippen LogP contribution in [0.3, 0.4) is 0 Å². The first-order chi connectivity index (χ1) is 22.4. The molecule has 20 heteroatoms. The fourth-order valence-corrected chi connectivity index (χ4v) is 25.4. The van der Waals surface area contributed by atoms with E-state index in [0.717, 1.165) is 12.5 Å². The van der Waals surface area contributed by atoms with Gasteiger partial charge in [0.05, 0.1) is 33.0 Å². The van der Waals surface area contributed by atoms with Crippen molar-refractivity contribution in [2.75, 3.05) is 39.6 Å². The molecule has 0 rings (SSSR count). The summed E-state index contributed by atoms with van der Waals surface area (Å²) in [6.45, 7) is 33.1. The average molecular weight is 829 g/mol. The molecular formula is C30H76O14Si6. The molecule has 0 saturated carbocycles. The Bertz CT molecular complexity index is 820. The summed E-state index contributed by atoms with van der Waals surface area (Å²) in [4.78, 5) is 0.